The maximum Gasteiger partial charge on any atom is 0.226 e. The van der Waals surface area contributed by atoms with Crippen LogP contribution < -0.4 is 4.90 Å². The van der Waals surface area contributed by atoms with Crippen molar-refractivity contribution >= 4 is 49.6 Å². The Kier molecular flexibility index (Phi) is 4.80. The summed E-state index contributed by atoms with van der Waals surface area (Å²) in [7, 11) is -1.18. The molecule has 1 aromatic carbocycles. The molecule has 3 aromatic rings. The third-order valence-corrected chi connectivity index (χ3v) is 6.81. The van der Waals surface area contributed by atoms with Gasteiger partial charge in [-0.1, -0.05) is 12.1 Å². The van der Waals surface area contributed by atoms with Gasteiger partial charge in [0.25, 0.3) is 0 Å². The lowest BCUT2D eigenvalue weighted by atomic mass is 10.3. The van der Waals surface area contributed by atoms with Gasteiger partial charge in [-0.3, -0.25) is 0 Å². The molecular formula is C17H19IN6O2S. The Hall–Kier alpha value is -1.79. The molecule has 0 aliphatic carbocycles. The van der Waals surface area contributed by atoms with E-state index in [1.165, 1.54) is 10.6 Å². The van der Waals surface area contributed by atoms with Crippen LogP contribution in [0.15, 0.2) is 30.5 Å². The fraction of sp³-hybridized carbons (Fsp3) is 0.353. The SMILES string of the molecule is Cn1c(-c2nc(N3CCN(S(C)(=O)=O)CC3)ncc2I)nc2ccccc21. The van der Waals surface area contributed by atoms with Crippen LogP contribution in [0.1, 0.15) is 0 Å². The van der Waals surface area contributed by atoms with E-state index in [0.717, 1.165) is 26.1 Å². The Balaban J connectivity index is 1.67. The molecule has 0 spiro atoms. The predicted molar refractivity (Wildman–Crippen MR) is 113 cm³/mol. The highest BCUT2D eigenvalue weighted by atomic mass is 127. The molecule has 0 atom stereocenters. The molecular weight excluding hydrogens is 479 g/mol. The van der Waals surface area contributed by atoms with Gasteiger partial charge in [0, 0.05) is 39.4 Å². The Morgan fingerprint density at radius 3 is 2.44 bits per heavy atom. The van der Waals surface area contributed by atoms with E-state index in [0.29, 0.717) is 32.1 Å². The normalized spacial score (nSPS) is 16.2. The summed E-state index contributed by atoms with van der Waals surface area (Å²) in [4.78, 5) is 16.0. The minimum Gasteiger partial charge on any atom is -0.338 e. The monoisotopic (exact) mass is 498 g/mol. The molecule has 1 saturated heterocycles. The minimum absolute atomic E-state index is 0.440. The van der Waals surface area contributed by atoms with Gasteiger partial charge in [-0.2, -0.15) is 4.31 Å². The van der Waals surface area contributed by atoms with Crippen LogP contribution in [0.25, 0.3) is 22.6 Å². The van der Waals surface area contributed by atoms with Gasteiger partial charge in [-0.05, 0) is 34.7 Å². The molecule has 3 heterocycles. The van der Waals surface area contributed by atoms with Crippen LogP contribution >= 0.6 is 22.6 Å². The number of hydrogen-bond acceptors (Lipinski definition) is 6. The second kappa shape index (κ2) is 6.99. The molecule has 27 heavy (non-hydrogen) atoms. The van der Waals surface area contributed by atoms with E-state index in [1.807, 2.05) is 40.8 Å². The number of halogens is 1. The van der Waals surface area contributed by atoms with Crippen molar-refractivity contribution in [2.45, 2.75) is 0 Å². The summed E-state index contributed by atoms with van der Waals surface area (Å²) >= 11 is 2.22. The standard InChI is InChI=1S/C17H19IN6O2S/c1-22-14-6-4-3-5-13(14)20-16(22)15-12(18)11-19-17(21-15)23-7-9-24(10-8-23)27(2,25)26/h3-6,11H,7-10H2,1-2H3. The molecule has 1 aliphatic heterocycles. The Labute approximate surface area is 171 Å². The van der Waals surface area contributed by atoms with Crippen LogP contribution in [0.4, 0.5) is 5.95 Å². The molecule has 0 N–H and O–H groups in total. The van der Waals surface area contributed by atoms with Crippen molar-refractivity contribution in [1.29, 1.82) is 0 Å². The van der Waals surface area contributed by atoms with Crippen LogP contribution in [-0.2, 0) is 17.1 Å². The van der Waals surface area contributed by atoms with Crippen molar-refractivity contribution in [2.24, 2.45) is 7.05 Å². The summed E-state index contributed by atoms with van der Waals surface area (Å²) in [5, 5.41) is 0. The summed E-state index contributed by atoms with van der Waals surface area (Å²) in [6.07, 6.45) is 3.04. The summed E-state index contributed by atoms with van der Waals surface area (Å²) < 4.78 is 27.8. The number of rotatable bonds is 3. The quantitative estimate of drug-likeness (QED) is 0.512. The van der Waals surface area contributed by atoms with Crippen LogP contribution in [0, 0.1) is 3.57 Å². The lowest BCUT2D eigenvalue weighted by Crippen LogP contribution is -2.48. The summed E-state index contributed by atoms with van der Waals surface area (Å²) in [6.45, 7) is 2.01. The van der Waals surface area contributed by atoms with Crippen molar-refractivity contribution in [1.82, 2.24) is 23.8 Å². The Bertz CT molecular complexity index is 1110. The molecule has 4 rings (SSSR count). The van der Waals surface area contributed by atoms with Crippen molar-refractivity contribution < 1.29 is 8.42 Å². The molecule has 0 bridgehead atoms. The molecule has 1 fully saturated rings. The highest BCUT2D eigenvalue weighted by molar-refractivity contribution is 14.1. The average molecular weight is 498 g/mol. The van der Waals surface area contributed by atoms with Gasteiger partial charge in [-0.25, -0.2) is 23.4 Å². The van der Waals surface area contributed by atoms with Crippen molar-refractivity contribution in [2.75, 3.05) is 37.3 Å². The second-order valence-electron chi connectivity index (χ2n) is 6.50. The number of anilines is 1. The number of aromatic nitrogens is 4. The van der Waals surface area contributed by atoms with Gasteiger partial charge in [-0.15, -0.1) is 0 Å². The molecule has 0 radical (unpaired) electrons. The van der Waals surface area contributed by atoms with Gasteiger partial charge in [0.05, 0.1) is 20.9 Å². The molecule has 10 heteroatoms. The summed E-state index contributed by atoms with van der Waals surface area (Å²) in [6, 6.07) is 7.98. The molecule has 0 saturated carbocycles. The van der Waals surface area contributed by atoms with Crippen LogP contribution in [0.3, 0.4) is 0 Å². The molecule has 1 aliphatic rings. The number of fused-ring (bicyclic) bond motifs is 1. The molecule has 8 nitrogen and oxygen atoms in total. The summed E-state index contributed by atoms with van der Waals surface area (Å²) in [5.41, 5.74) is 2.75. The van der Waals surface area contributed by atoms with Crippen LogP contribution in [0.5, 0.6) is 0 Å². The first-order valence-corrected chi connectivity index (χ1v) is 11.4. The van der Waals surface area contributed by atoms with Gasteiger partial charge in [0.15, 0.2) is 5.82 Å². The number of sulfonamides is 1. The number of imidazole rings is 1. The van der Waals surface area contributed by atoms with Crippen molar-refractivity contribution in [3.05, 3.63) is 34.0 Å². The van der Waals surface area contributed by atoms with E-state index in [4.69, 9.17) is 9.97 Å². The summed E-state index contributed by atoms with van der Waals surface area (Å²) in [5.74, 6) is 1.39. The van der Waals surface area contributed by atoms with Gasteiger partial charge >= 0.3 is 0 Å². The smallest absolute Gasteiger partial charge is 0.226 e. The predicted octanol–water partition coefficient (Wildman–Crippen LogP) is 1.72. The van der Waals surface area contributed by atoms with Gasteiger partial charge in [0.2, 0.25) is 16.0 Å². The van der Waals surface area contributed by atoms with Gasteiger partial charge < -0.3 is 9.47 Å². The molecule has 0 unspecified atom stereocenters. The van der Waals surface area contributed by atoms with Crippen LogP contribution in [-0.4, -0.2) is 64.7 Å². The second-order valence-corrected chi connectivity index (χ2v) is 9.64. The van der Waals surface area contributed by atoms with Crippen LogP contribution in [0.2, 0.25) is 0 Å². The highest BCUT2D eigenvalue weighted by Gasteiger charge is 2.25. The van der Waals surface area contributed by atoms with E-state index in [-0.39, 0.29) is 0 Å². The number of aryl methyl sites for hydroxylation is 1. The number of hydrogen-bond donors (Lipinski definition) is 0. The van der Waals surface area contributed by atoms with E-state index in [9.17, 15) is 8.42 Å². The Morgan fingerprint density at radius 2 is 1.78 bits per heavy atom. The zero-order chi connectivity index (χ0) is 19.2. The fourth-order valence-corrected chi connectivity index (χ4v) is 4.57. The van der Waals surface area contributed by atoms with Crippen molar-refractivity contribution in [3.8, 4) is 11.5 Å². The first-order chi connectivity index (χ1) is 12.8. The van der Waals surface area contributed by atoms with E-state index in [1.54, 1.807) is 6.20 Å². The maximum atomic E-state index is 11.7. The molecule has 142 valence electrons. The third-order valence-electron chi connectivity index (χ3n) is 4.72. The first-order valence-electron chi connectivity index (χ1n) is 8.49. The average Bonchev–Trinajstić information content (AvgIpc) is 2.98. The lowest BCUT2D eigenvalue weighted by Gasteiger charge is -2.33. The third kappa shape index (κ3) is 3.52. The van der Waals surface area contributed by atoms with E-state index >= 15 is 0 Å². The zero-order valence-corrected chi connectivity index (χ0v) is 18.0. The van der Waals surface area contributed by atoms with E-state index < -0.39 is 10.0 Å². The van der Waals surface area contributed by atoms with Crippen molar-refractivity contribution in [3.63, 3.8) is 0 Å². The van der Waals surface area contributed by atoms with E-state index in [2.05, 4.69) is 27.6 Å². The fourth-order valence-electron chi connectivity index (χ4n) is 3.24. The maximum absolute atomic E-state index is 11.7. The zero-order valence-electron chi connectivity index (χ0n) is 15.0. The molecule has 0 amide bonds. The molecule has 2 aromatic heterocycles. The minimum atomic E-state index is -3.16. The number of nitrogens with zero attached hydrogens (tertiary/aromatic N) is 6. The Morgan fingerprint density at radius 1 is 1.07 bits per heavy atom. The number of para-hydroxylation sites is 2. The number of benzene rings is 1. The topological polar surface area (TPSA) is 84.2 Å². The van der Waals surface area contributed by atoms with Gasteiger partial charge in [0.1, 0.15) is 5.69 Å². The number of piperazine rings is 1. The first kappa shape index (κ1) is 18.6. The highest BCUT2D eigenvalue weighted by Crippen LogP contribution is 2.27. The largest absolute Gasteiger partial charge is 0.338 e. The lowest BCUT2D eigenvalue weighted by molar-refractivity contribution is 0.385.